The van der Waals surface area contributed by atoms with Crippen LogP contribution < -0.4 is 0 Å². The smallest absolute Gasteiger partial charge is 0.379 e. The molecule has 0 aliphatic carbocycles. The van der Waals surface area contributed by atoms with Gasteiger partial charge in [0.1, 0.15) is 0 Å². The second-order valence-corrected chi connectivity index (χ2v) is 6.44. The lowest BCUT2D eigenvalue weighted by molar-refractivity contribution is 0.0896. The fourth-order valence-corrected chi connectivity index (χ4v) is 2.83. The lowest BCUT2D eigenvalue weighted by Crippen LogP contribution is -2.28. The van der Waals surface area contributed by atoms with Crippen molar-refractivity contribution >= 4 is 9.53 Å². The number of halogens is 5. The summed E-state index contributed by atoms with van der Waals surface area (Å²) in [6.45, 7) is 1.70. The van der Waals surface area contributed by atoms with Crippen LogP contribution >= 0.6 is 0 Å². The summed E-state index contributed by atoms with van der Waals surface area (Å²) in [5.74, 6) is -9.57. The maximum atomic E-state index is 13.5. The van der Waals surface area contributed by atoms with Crippen molar-refractivity contribution < 1.29 is 35.2 Å². The third kappa shape index (κ3) is 4.48. The van der Waals surface area contributed by atoms with Crippen molar-refractivity contribution in [3.05, 3.63) is 34.6 Å². The summed E-state index contributed by atoms with van der Waals surface area (Å²) in [6.07, 6.45) is -0.0621. The Bertz CT molecular complexity index is 482. The molecule has 0 amide bonds. The number of benzene rings is 1. The summed E-state index contributed by atoms with van der Waals surface area (Å²) in [4.78, 5) is 0. The Morgan fingerprint density at radius 2 is 1.32 bits per heavy atom. The summed E-state index contributed by atoms with van der Waals surface area (Å²) in [5, 5.41) is 0. The molecule has 0 saturated carbocycles. The second kappa shape index (κ2) is 8.56. The van der Waals surface area contributed by atoms with Crippen LogP contribution in [0.3, 0.4) is 0 Å². The number of rotatable bonds is 8. The molecule has 0 fully saturated rings. The minimum atomic E-state index is -2.23. The van der Waals surface area contributed by atoms with Gasteiger partial charge in [-0.2, -0.15) is 0 Å². The van der Waals surface area contributed by atoms with Gasteiger partial charge >= 0.3 is 9.53 Å². The highest BCUT2D eigenvalue weighted by Gasteiger charge is 2.25. The van der Waals surface area contributed by atoms with Gasteiger partial charge in [-0.05, 0) is 26.2 Å². The first-order valence-electron chi connectivity index (χ1n) is 6.54. The zero-order chi connectivity index (χ0) is 16.9. The van der Waals surface area contributed by atoms with Crippen LogP contribution in [0.5, 0.6) is 0 Å². The highest BCUT2D eigenvalue weighted by Crippen LogP contribution is 2.24. The zero-order valence-corrected chi connectivity index (χ0v) is 13.5. The minimum Gasteiger partial charge on any atom is -0.379 e. The standard InChI is InChI=1S/C13H17F5O3Si/c1-7(21-22(19-2)20-3)5-4-6-8-9(14)11(16)13(18)12(17)10(8)15/h7,22H,4-6H2,1-3H3. The van der Waals surface area contributed by atoms with Crippen molar-refractivity contribution in [1.82, 2.24) is 0 Å². The highest BCUT2D eigenvalue weighted by atomic mass is 28.3. The van der Waals surface area contributed by atoms with Crippen molar-refractivity contribution in [3.63, 3.8) is 0 Å². The van der Waals surface area contributed by atoms with E-state index in [2.05, 4.69) is 0 Å². The van der Waals surface area contributed by atoms with Gasteiger partial charge in [0.15, 0.2) is 23.3 Å². The largest absolute Gasteiger partial charge is 0.483 e. The molecule has 1 unspecified atom stereocenters. The van der Waals surface area contributed by atoms with Crippen molar-refractivity contribution in [3.8, 4) is 0 Å². The van der Waals surface area contributed by atoms with Crippen LogP contribution in [-0.4, -0.2) is 29.9 Å². The molecule has 126 valence electrons. The van der Waals surface area contributed by atoms with Crippen LogP contribution in [0.2, 0.25) is 0 Å². The third-order valence-electron chi connectivity index (χ3n) is 3.07. The van der Waals surface area contributed by atoms with Crippen LogP contribution in [0, 0.1) is 29.1 Å². The molecule has 1 aromatic carbocycles. The van der Waals surface area contributed by atoms with E-state index < -0.39 is 44.2 Å². The predicted molar refractivity (Wildman–Crippen MR) is 70.9 cm³/mol. The molecule has 0 heterocycles. The van der Waals surface area contributed by atoms with E-state index >= 15 is 0 Å². The first-order valence-corrected chi connectivity index (χ1v) is 7.96. The summed E-state index contributed by atoms with van der Waals surface area (Å²) in [7, 11) is 0.638. The average molecular weight is 344 g/mol. The Morgan fingerprint density at radius 3 is 1.77 bits per heavy atom. The zero-order valence-electron chi connectivity index (χ0n) is 12.4. The van der Waals surface area contributed by atoms with Crippen LogP contribution in [-0.2, 0) is 19.7 Å². The molecule has 0 saturated heterocycles. The average Bonchev–Trinajstić information content (AvgIpc) is 2.52. The van der Waals surface area contributed by atoms with Crippen molar-refractivity contribution in [2.45, 2.75) is 32.3 Å². The Hall–Kier alpha value is -1.03. The molecule has 0 aliphatic heterocycles. The monoisotopic (exact) mass is 344 g/mol. The predicted octanol–water partition coefficient (Wildman–Crippen LogP) is 3.12. The fraction of sp³-hybridized carbons (Fsp3) is 0.538. The molecule has 9 heteroatoms. The van der Waals surface area contributed by atoms with E-state index in [-0.39, 0.29) is 18.9 Å². The van der Waals surface area contributed by atoms with Gasteiger partial charge in [0.2, 0.25) is 5.82 Å². The van der Waals surface area contributed by atoms with Crippen molar-refractivity contribution in [2.75, 3.05) is 14.2 Å². The van der Waals surface area contributed by atoms with Gasteiger partial charge in [-0.1, -0.05) is 0 Å². The molecule has 0 radical (unpaired) electrons. The van der Waals surface area contributed by atoms with E-state index in [1.54, 1.807) is 6.92 Å². The van der Waals surface area contributed by atoms with Gasteiger partial charge < -0.3 is 13.3 Å². The van der Waals surface area contributed by atoms with Gasteiger partial charge in [-0.3, -0.25) is 0 Å². The lowest BCUT2D eigenvalue weighted by atomic mass is 10.0. The number of hydrogen-bond acceptors (Lipinski definition) is 3. The Labute approximate surface area is 127 Å². The molecule has 0 spiro atoms. The van der Waals surface area contributed by atoms with E-state index in [4.69, 9.17) is 13.3 Å². The number of hydrogen-bond donors (Lipinski definition) is 0. The molecule has 1 aromatic rings. The van der Waals surface area contributed by atoms with E-state index in [0.29, 0.717) is 6.42 Å². The Morgan fingerprint density at radius 1 is 0.864 bits per heavy atom. The summed E-state index contributed by atoms with van der Waals surface area (Å²) in [5.41, 5.74) is -0.809. The van der Waals surface area contributed by atoms with Gasteiger partial charge in [0, 0.05) is 25.9 Å². The van der Waals surface area contributed by atoms with Crippen LogP contribution in [0.15, 0.2) is 0 Å². The Kier molecular flexibility index (Phi) is 7.40. The molecule has 3 nitrogen and oxygen atoms in total. The molecule has 0 aromatic heterocycles. The molecular formula is C13H17F5O3Si. The molecule has 1 atom stereocenters. The Balaban J connectivity index is 2.66. The minimum absolute atomic E-state index is 0.189. The highest BCUT2D eigenvalue weighted by molar-refractivity contribution is 6.36. The van der Waals surface area contributed by atoms with Gasteiger partial charge in [-0.15, -0.1) is 0 Å². The fourth-order valence-electron chi connectivity index (χ4n) is 1.90. The molecule has 0 aliphatic rings. The first-order chi connectivity index (χ1) is 10.3. The molecule has 0 bridgehead atoms. The summed E-state index contributed by atoms with van der Waals surface area (Å²) >= 11 is 0. The van der Waals surface area contributed by atoms with Crippen molar-refractivity contribution in [1.29, 1.82) is 0 Å². The van der Waals surface area contributed by atoms with E-state index in [9.17, 15) is 22.0 Å². The van der Waals surface area contributed by atoms with E-state index in [0.717, 1.165) is 0 Å². The van der Waals surface area contributed by atoms with Crippen LogP contribution in [0.4, 0.5) is 22.0 Å². The van der Waals surface area contributed by atoms with Gasteiger partial charge in [-0.25, -0.2) is 22.0 Å². The van der Waals surface area contributed by atoms with E-state index in [1.165, 1.54) is 14.2 Å². The van der Waals surface area contributed by atoms with Crippen molar-refractivity contribution in [2.24, 2.45) is 0 Å². The SMILES string of the molecule is CO[SiH](OC)OC(C)CCCc1c(F)c(F)c(F)c(F)c1F. The molecule has 22 heavy (non-hydrogen) atoms. The first kappa shape index (κ1) is 19.0. The van der Waals surface area contributed by atoms with Gasteiger partial charge in [0.05, 0.1) is 0 Å². The maximum absolute atomic E-state index is 13.5. The second-order valence-electron chi connectivity index (χ2n) is 4.65. The quantitative estimate of drug-likeness (QED) is 0.314. The van der Waals surface area contributed by atoms with Crippen LogP contribution in [0.1, 0.15) is 25.3 Å². The summed E-state index contributed by atoms with van der Waals surface area (Å²) in [6, 6.07) is 0. The summed E-state index contributed by atoms with van der Waals surface area (Å²) < 4.78 is 81.2. The van der Waals surface area contributed by atoms with Crippen LogP contribution in [0.25, 0.3) is 0 Å². The van der Waals surface area contributed by atoms with Gasteiger partial charge in [0.25, 0.3) is 0 Å². The van der Waals surface area contributed by atoms with E-state index in [1.807, 2.05) is 0 Å². The molecular weight excluding hydrogens is 327 g/mol. The molecule has 1 rings (SSSR count). The maximum Gasteiger partial charge on any atom is 0.483 e. The lowest BCUT2D eigenvalue weighted by Gasteiger charge is -2.18. The third-order valence-corrected chi connectivity index (χ3v) is 4.52. The topological polar surface area (TPSA) is 27.7 Å². The normalized spacial score (nSPS) is 13.0. The molecule has 0 N–H and O–H groups in total.